The van der Waals surface area contributed by atoms with Crippen LogP contribution in [0.25, 0.3) is 11.2 Å². The fraction of sp³-hybridized carbons (Fsp3) is 0.333. The molecule has 0 spiro atoms. The molecular formula is C18H21N7O3. The third-order valence-electron chi connectivity index (χ3n) is 4.76. The van der Waals surface area contributed by atoms with Crippen molar-refractivity contribution in [1.82, 2.24) is 24.4 Å². The second-order valence-electron chi connectivity index (χ2n) is 6.59. The highest BCUT2D eigenvalue weighted by Crippen LogP contribution is 2.28. The van der Waals surface area contributed by atoms with Crippen LogP contribution in [-0.4, -0.2) is 67.8 Å². The number of β-amino-alcohol motifs (C(OH)–C–C–N with tert-alkyl or cyclic N) is 1. The largest absolute Gasteiger partial charge is 0.492 e. The Morgan fingerprint density at radius 3 is 2.96 bits per heavy atom. The van der Waals surface area contributed by atoms with E-state index in [1.165, 1.54) is 6.33 Å². The number of hydrogen-bond donors (Lipinski definition) is 3. The van der Waals surface area contributed by atoms with E-state index in [-0.39, 0.29) is 24.3 Å². The Hall–Kier alpha value is -3.24. The number of hydrogen-bond acceptors (Lipinski definition) is 8. The molecule has 3 heterocycles. The van der Waals surface area contributed by atoms with Crippen molar-refractivity contribution in [2.75, 3.05) is 32.0 Å². The van der Waals surface area contributed by atoms with E-state index in [1.807, 2.05) is 0 Å². The zero-order valence-corrected chi connectivity index (χ0v) is 15.1. The number of nitrogen functional groups attached to an aromatic ring is 1. The van der Waals surface area contributed by atoms with E-state index < -0.39 is 6.10 Å². The van der Waals surface area contributed by atoms with E-state index in [0.29, 0.717) is 42.2 Å². The van der Waals surface area contributed by atoms with Gasteiger partial charge in [-0.25, -0.2) is 15.0 Å². The second-order valence-corrected chi connectivity index (χ2v) is 6.59. The molecule has 4 rings (SSSR count). The molecule has 146 valence electrons. The molecule has 10 heteroatoms. The minimum Gasteiger partial charge on any atom is -0.492 e. The molecule has 0 unspecified atom stereocenters. The summed E-state index contributed by atoms with van der Waals surface area (Å²) >= 11 is 0. The first-order valence-electron chi connectivity index (χ1n) is 8.91. The molecule has 2 aromatic heterocycles. The summed E-state index contributed by atoms with van der Waals surface area (Å²) in [4.78, 5) is 26.9. The fourth-order valence-corrected chi connectivity index (χ4v) is 3.40. The summed E-state index contributed by atoms with van der Waals surface area (Å²) in [6.45, 7) is 1.30. The van der Waals surface area contributed by atoms with Crippen LogP contribution in [0.2, 0.25) is 0 Å². The quantitative estimate of drug-likeness (QED) is 0.549. The van der Waals surface area contributed by atoms with Crippen LogP contribution >= 0.6 is 0 Å². The highest BCUT2D eigenvalue weighted by Gasteiger charge is 2.36. The zero-order chi connectivity index (χ0) is 19.7. The number of aromatic nitrogens is 4. The van der Waals surface area contributed by atoms with Crippen LogP contribution < -0.4 is 16.2 Å². The molecule has 1 aliphatic rings. The molecule has 1 fully saturated rings. The van der Waals surface area contributed by atoms with E-state index in [0.717, 1.165) is 0 Å². The van der Waals surface area contributed by atoms with Crippen molar-refractivity contribution in [3.8, 4) is 5.75 Å². The highest BCUT2D eigenvalue weighted by molar-refractivity contribution is 5.95. The number of amides is 1. The van der Waals surface area contributed by atoms with Gasteiger partial charge < -0.3 is 30.8 Å². The molecule has 0 bridgehead atoms. The predicted octanol–water partition coefficient (Wildman–Crippen LogP) is -0.196. The zero-order valence-electron chi connectivity index (χ0n) is 15.1. The number of fused-ring (bicyclic) bond motifs is 1. The van der Waals surface area contributed by atoms with Gasteiger partial charge in [-0.15, -0.1) is 0 Å². The van der Waals surface area contributed by atoms with Crippen molar-refractivity contribution in [3.05, 3.63) is 42.5 Å². The number of aliphatic hydroxyl groups excluding tert-OH is 1. The molecule has 0 radical (unpaired) electrons. The minimum atomic E-state index is -0.755. The summed E-state index contributed by atoms with van der Waals surface area (Å²) < 4.78 is 7.23. The van der Waals surface area contributed by atoms with Crippen LogP contribution in [0.5, 0.6) is 5.75 Å². The average molecular weight is 383 g/mol. The van der Waals surface area contributed by atoms with Gasteiger partial charge in [-0.05, 0) is 18.2 Å². The molecular weight excluding hydrogens is 362 g/mol. The van der Waals surface area contributed by atoms with Crippen LogP contribution in [0.3, 0.4) is 0 Å². The standard InChI is InChI=1S/C18H21N7O3/c19-4-5-28-12-3-1-2-11(6-12)18(27)24-7-13(14(26)8-24)25-10-23-15-16(20)21-9-22-17(15)25/h1-3,6,9-10,13-14,26H,4-5,7-8,19H2,(H2,20,21,22)/t13-,14-/m1/s1. The van der Waals surface area contributed by atoms with Crippen molar-refractivity contribution >= 4 is 22.9 Å². The van der Waals surface area contributed by atoms with Gasteiger partial charge in [-0.1, -0.05) is 6.07 Å². The Bertz CT molecular complexity index is 1010. The van der Waals surface area contributed by atoms with E-state index >= 15 is 0 Å². The van der Waals surface area contributed by atoms with Gasteiger partial charge in [0.2, 0.25) is 0 Å². The summed E-state index contributed by atoms with van der Waals surface area (Å²) in [6.07, 6.45) is 2.17. The van der Waals surface area contributed by atoms with E-state index in [1.54, 1.807) is 40.1 Å². The molecule has 3 aromatic rings. The number of ether oxygens (including phenoxy) is 1. The lowest BCUT2D eigenvalue weighted by Gasteiger charge is -2.17. The molecule has 5 N–H and O–H groups in total. The molecule has 1 amide bonds. The maximum Gasteiger partial charge on any atom is 0.254 e. The lowest BCUT2D eigenvalue weighted by molar-refractivity contribution is 0.0764. The monoisotopic (exact) mass is 383 g/mol. The molecule has 10 nitrogen and oxygen atoms in total. The number of imidazole rings is 1. The number of carbonyl (C=O) groups is 1. The lowest BCUT2D eigenvalue weighted by atomic mass is 10.2. The van der Waals surface area contributed by atoms with Crippen LogP contribution in [0.1, 0.15) is 16.4 Å². The molecule has 1 aromatic carbocycles. The predicted molar refractivity (Wildman–Crippen MR) is 102 cm³/mol. The maximum atomic E-state index is 12.9. The van der Waals surface area contributed by atoms with Gasteiger partial charge in [0.1, 0.15) is 24.2 Å². The maximum absolute atomic E-state index is 12.9. The SMILES string of the molecule is NCCOc1cccc(C(=O)N2C[C@@H](O)[C@H](n3cnc4c(N)ncnc43)C2)c1. The number of anilines is 1. The van der Waals surface area contributed by atoms with Crippen LogP contribution in [-0.2, 0) is 0 Å². The van der Waals surface area contributed by atoms with Crippen molar-refractivity contribution in [1.29, 1.82) is 0 Å². The Morgan fingerprint density at radius 1 is 1.29 bits per heavy atom. The second kappa shape index (κ2) is 7.41. The first-order chi connectivity index (χ1) is 13.6. The normalized spacial score (nSPS) is 19.3. The Balaban J connectivity index is 1.55. The minimum absolute atomic E-state index is 0.182. The number of benzene rings is 1. The van der Waals surface area contributed by atoms with E-state index in [4.69, 9.17) is 16.2 Å². The fourth-order valence-electron chi connectivity index (χ4n) is 3.40. The van der Waals surface area contributed by atoms with Crippen molar-refractivity contribution < 1.29 is 14.6 Å². The van der Waals surface area contributed by atoms with Gasteiger partial charge in [0, 0.05) is 25.2 Å². The molecule has 0 saturated carbocycles. The molecule has 28 heavy (non-hydrogen) atoms. The number of nitrogens with zero attached hydrogens (tertiary/aromatic N) is 5. The average Bonchev–Trinajstić information content (AvgIpc) is 3.30. The van der Waals surface area contributed by atoms with Crippen LogP contribution in [0.15, 0.2) is 36.9 Å². The van der Waals surface area contributed by atoms with E-state index in [2.05, 4.69) is 15.0 Å². The van der Waals surface area contributed by atoms with Gasteiger partial charge in [-0.3, -0.25) is 4.79 Å². The van der Waals surface area contributed by atoms with Gasteiger partial charge in [0.15, 0.2) is 11.5 Å². The van der Waals surface area contributed by atoms with E-state index in [9.17, 15) is 9.90 Å². The number of likely N-dealkylation sites (tertiary alicyclic amines) is 1. The first-order valence-corrected chi connectivity index (χ1v) is 8.91. The van der Waals surface area contributed by atoms with Crippen molar-refractivity contribution in [2.45, 2.75) is 12.1 Å². The smallest absolute Gasteiger partial charge is 0.254 e. The van der Waals surface area contributed by atoms with Crippen molar-refractivity contribution in [2.24, 2.45) is 5.73 Å². The molecule has 2 atom stereocenters. The molecule has 1 aliphatic heterocycles. The summed E-state index contributed by atoms with van der Waals surface area (Å²) in [5, 5.41) is 10.6. The summed E-state index contributed by atoms with van der Waals surface area (Å²) in [6, 6.07) is 6.55. The number of aliphatic hydroxyl groups is 1. The molecule has 0 aliphatic carbocycles. The molecule has 1 saturated heterocycles. The van der Waals surface area contributed by atoms with Gasteiger partial charge >= 0.3 is 0 Å². The third kappa shape index (κ3) is 3.23. The number of nitrogens with two attached hydrogens (primary N) is 2. The summed E-state index contributed by atoms with van der Waals surface area (Å²) in [5.41, 5.74) is 12.8. The topological polar surface area (TPSA) is 145 Å². The number of rotatable bonds is 5. The van der Waals surface area contributed by atoms with Gasteiger partial charge in [0.25, 0.3) is 5.91 Å². The summed E-state index contributed by atoms with van der Waals surface area (Å²) in [5.74, 6) is 0.678. The highest BCUT2D eigenvalue weighted by atomic mass is 16.5. The van der Waals surface area contributed by atoms with Gasteiger partial charge in [-0.2, -0.15) is 0 Å². The Kier molecular flexibility index (Phi) is 4.80. The Morgan fingerprint density at radius 2 is 2.14 bits per heavy atom. The Labute approximate surface area is 160 Å². The first kappa shape index (κ1) is 18.1. The number of carbonyl (C=O) groups excluding carboxylic acids is 1. The third-order valence-corrected chi connectivity index (χ3v) is 4.76. The summed E-state index contributed by atoms with van der Waals surface area (Å²) in [7, 11) is 0. The van der Waals surface area contributed by atoms with Gasteiger partial charge in [0.05, 0.1) is 18.5 Å². The van der Waals surface area contributed by atoms with Crippen molar-refractivity contribution in [3.63, 3.8) is 0 Å². The van der Waals surface area contributed by atoms with Crippen LogP contribution in [0, 0.1) is 0 Å². The lowest BCUT2D eigenvalue weighted by Crippen LogP contribution is -2.29. The van der Waals surface area contributed by atoms with Crippen LogP contribution in [0.4, 0.5) is 5.82 Å².